The third-order valence-electron chi connectivity index (χ3n) is 4.48. The maximum absolute atomic E-state index is 13.2. The SMILES string of the molecule is O=C(Nc1cc2c(cn1)OCCN2S(=O)(=O)c1cccc(Cl)c1)c1c(Cl)cccc1Cl. The Morgan fingerprint density at radius 2 is 1.77 bits per heavy atom. The highest BCUT2D eigenvalue weighted by atomic mass is 35.5. The van der Waals surface area contributed by atoms with E-state index in [1.54, 1.807) is 18.2 Å². The molecule has 3 aromatic rings. The number of benzene rings is 2. The van der Waals surface area contributed by atoms with Gasteiger partial charge in [-0.3, -0.25) is 9.10 Å². The molecule has 1 aromatic heterocycles. The predicted molar refractivity (Wildman–Crippen MR) is 120 cm³/mol. The summed E-state index contributed by atoms with van der Waals surface area (Å²) in [5.41, 5.74) is 0.326. The summed E-state index contributed by atoms with van der Waals surface area (Å²) in [4.78, 5) is 16.8. The molecule has 0 aliphatic carbocycles. The second-order valence-corrected chi connectivity index (χ2v) is 9.58. The zero-order valence-corrected chi connectivity index (χ0v) is 18.8. The molecule has 0 atom stereocenters. The normalized spacial score (nSPS) is 13.3. The number of anilines is 2. The molecule has 0 spiro atoms. The number of aromatic nitrogens is 1. The summed E-state index contributed by atoms with van der Waals surface area (Å²) in [5.74, 6) is -0.203. The van der Waals surface area contributed by atoms with Crippen LogP contribution in [0.1, 0.15) is 10.4 Å². The molecule has 0 fully saturated rings. The van der Waals surface area contributed by atoms with Crippen molar-refractivity contribution in [1.29, 1.82) is 0 Å². The van der Waals surface area contributed by atoms with Crippen molar-refractivity contribution in [2.24, 2.45) is 0 Å². The smallest absolute Gasteiger partial charge is 0.264 e. The Labute approximate surface area is 193 Å². The van der Waals surface area contributed by atoms with Crippen LogP contribution in [-0.2, 0) is 10.0 Å². The maximum atomic E-state index is 13.2. The molecule has 0 radical (unpaired) electrons. The van der Waals surface area contributed by atoms with Gasteiger partial charge in [-0.1, -0.05) is 46.9 Å². The molecule has 1 amide bonds. The molecule has 4 rings (SSSR count). The summed E-state index contributed by atoms with van der Waals surface area (Å²) in [6, 6.07) is 12.1. The lowest BCUT2D eigenvalue weighted by Crippen LogP contribution is -2.38. The van der Waals surface area contributed by atoms with E-state index in [9.17, 15) is 13.2 Å². The Kier molecular flexibility index (Phi) is 5.98. The zero-order chi connectivity index (χ0) is 22.2. The van der Waals surface area contributed by atoms with Crippen LogP contribution in [0.2, 0.25) is 15.1 Å². The highest BCUT2D eigenvalue weighted by Crippen LogP contribution is 2.37. The van der Waals surface area contributed by atoms with Crippen molar-refractivity contribution in [1.82, 2.24) is 4.98 Å². The van der Waals surface area contributed by atoms with Gasteiger partial charge in [-0.25, -0.2) is 13.4 Å². The lowest BCUT2D eigenvalue weighted by molar-refractivity contribution is 0.102. The topological polar surface area (TPSA) is 88.6 Å². The van der Waals surface area contributed by atoms with Gasteiger partial charge in [0.25, 0.3) is 15.9 Å². The first kappa shape index (κ1) is 21.7. The second kappa shape index (κ2) is 8.55. The van der Waals surface area contributed by atoms with Crippen LogP contribution in [0.15, 0.2) is 59.6 Å². The molecule has 0 bridgehead atoms. The van der Waals surface area contributed by atoms with Crippen molar-refractivity contribution in [2.75, 3.05) is 22.8 Å². The molecule has 1 N–H and O–H groups in total. The van der Waals surface area contributed by atoms with Gasteiger partial charge in [0.2, 0.25) is 0 Å². The van der Waals surface area contributed by atoms with Crippen molar-refractivity contribution >= 4 is 62.2 Å². The van der Waals surface area contributed by atoms with Crippen molar-refractivity contribution in [3.05, 3.63) is 75.4 Å². The number of hydrogen-bond acceptors (Lipinski definition) is 5. The fourth-order valence-electron chi connectivity index (χ4n) is 3.06. The first-order valence-corrected chi connectivity index (χ1v) is 11.5. The number of halogens is 3. The number of ether oxygens (including phenoxy) is 1. The van der Waals surface area contributed by atoms with Crippen molar-refractivity contribution < 1.29 is 17.9 Å². The number of pyridine rings is 1. The summed E-state index contributed by atoms with van der Waals surface area (Å²) in [7, 11) is -3.92. The van der Waals surface area contributed by atoms with E-state index < -0.39 is 15.9 Å². The van der Waals surface area contributed by atoms with Gasteiger partial charge in [-0.15, -0.1) is 0 Å². The molecule has 0 unspecified atom stereocenters. The van der Waals surface area contributed by atoms with Gasteiger partial charge in [-0.2, -0.15) is 0 Å². The first-order valence-electron chi connectivity index (χ1n) is 8.94. The largest absolute Gasteiger partial charge is 0.488 e. The van der Waals surface area contributed by atoms with Crippen LogP contribution in [0, 0.1) is 0 Å². The molecule has 0 saturated heterocycles. The monoisotopic (exact) mass is 497 g/mol. The Morgan fingerprint density at radius 1 is 1.06 bits per heavy atom. The number of rotatable bonds is 4. The number of fused-ring (bicyclic) bond motifs is 1. The Hall–Kier alpha value is -2.52. The molecule has 7 nitrogen and oxygen atoms in total. The molecule has 11 heteroatoms. The molecule has 2 heterocycles. The minimum absolute atomic E-state index is 0.0399. The molecule has 1 aliphatic heterocycles. The van der Waals surface area contributed by atoms with Gasteiger partial charge in [0.1, 0.15) is 12.4 Å². The van der Waals surface area contributed by atoms with Gasteiger partial charge in [0.15, 0.2) is 5.75 Å². The number of carbonyl (C=O) groups is 1. The van der Waals surface area contributed by atoms with E-state index in [0.717, 1.165) is 0 Å². The van der Waals surface area contributed by atoms with Crippen LogP contribution >= 0.6 is 34.8 Å². The quantitative estimate of drug-likeness (QED) is 0.554. The standard InChI is InChI=1S/C20H14Cl3N3O4S/c21-12-3-1-4-13(9-12)31(28,29)26-7-8-30-17-11-24-18(10-16(17)26)25-20(27)19-14(22)5-2-6-15(19)23/h1-6,9-11H,7-8H2,(H,24,25,27). The third-order valence-corrected chi connectivity index (χ3v) is 7.16. The first-order chi connectivity index (χ1) is 14.8. The van der Waals surface area contributed by atoms with Crippen LogP contribution in [0.4, 0.5) is 11.5 Å². The average molecular weight is 499 g/mol. The van der Waals surface area contributed by atoms with Gasteiger partial charge in [0, 0.05) is 11.1 Å². The van der Waals surface area contributed by atoms with Gasteiger partial charge >= 0.3 is 0 Å². The Bertz CT molecular complexity index is 1260. The number of sulfonamides is 1. The average Bonchev–Trinajstić information content (AvgIpc) is 2.73. The van der Waals surface area contributed by atoms with E-state index in [1.165, 1.54) is 40.8 Å². The summed E-state index contributed by atoms with van der Waals surface area (Å²) in [6.07, 6.45) is 1.35. The summed E-state index contributed by atoms with van der Waals surface area (Å²) < 4.78 is 33.2. The maximum Gasteiger partial charge on any atom is 0.264 e. The highest BCUT2D eigenvalue weighted by Gasteiger charge is 2.31. The minimum atomic E-state index is -3.92. The summed E-state index contributed by atoms with van der Waals surface area (Å²) in [6.45, 7) is 0.227. The number of carbonyl (C=O) groups excluding carboxylic acids is 1. The Morgan fingerprint density at radius 3 is 2.48 bits per heavy atom. The van der Waals surface area contributed by atoms with Crippen molar-refractivity contribution in [3.8, 4) is 5.75 Å². The minimum Gasteiger partial charge on any atom is -0.488 e. The van der Waals surface area contributed by atoms with E-state index in [2.05, 4.69) is 10.3 Å². The molecule has 2 aromatic carbocycles. The third kappa shape index (κ3) is 4.29. The van der Waals surface area contributed by atoms with E-state index in [0.29, 0.717) is 5.02 Å². The molecule has 31 heavy (non-hydrogen) atoms. The van der Waals surface area contributed by atoms with E-state index >= 15 is 0 Å². The van der Waals surface area contributed by atoms with E-state index in [-0.39, 0.29) is 50.9 Å². The van der Waals surface area contributed by atoms with Crippen LogP contribution in [0.3, 0.4) is 0 Å². The van der Waals surface area contributed by atoms with Crippen LogP contribution in [-0.4, -0.2) is 32.5 Å². The number of nitrogens with one attached hydrogen (secondary N) is 1. The van der Waals surface area contributed by atoms with Crippen LogP contribution in [0.25, 0.3) is 0 Å². The lowest BCUT2D eigenvalue weighted by atomic mass is 10.2. The predicted octanol–water partition coefficient (Wildman–Crippen LogP) is 4.88. The number of nitrogens with zero attached hydrogens (tertiary/aromatic N) is 2. The molecule has 0 saturated carbocycles. The van der Waals surface area contributed by atoms with Gasteiger partial charge < -0.3 is 10.1 Å². The fourth-order valence-corrected chi connectivity index (χ4v) is 5.39. The number of hydrogen-bond donors (Lipinski definition) is 1. The summed E-state index contributed by atoms with van der Waals surface area (Å²) in [5, 5.41) is 3.25. The second-order valence-electron chi connectivity index (χ2n) is 6.47. The Balaban J connectivity index is 1.69. The molecule has 160 valence electrons. The molecular formula is C20H14Cl3N3O4S. The van der Waals surface area contributed by atoms with E-state index in [1.807, 2.05) is 0 Å². The van der Waals surface area contributed by atoms with Crippen molar-refractivity contribution in [3.63, 3.8) is 0 Å². The van der Waals surface area contributed by atoms with Crippen molar-refractivity contribution in [2.45, 2.75) is 4.90 Å². The fraction of sp³-hybridized carbons (Fsp3) is 0.100. The van der Waals surface area contributed by atoms with Crippen LogP contribution < -0.4 is 14.4 Å². The molecular weight excluding hydrogens is 485 g/mol. The van der Waals surface area contributed by atoms with Crippen LogP contribution in [0.5, 0.6) is 5.75 Å². The van der Waals surface area contributed by atoms with E-state index in [4.69, 9.17) is 39.5 Å². The highest BCUT2D eigenvalue weighted by molar-refractivity contribution is 7.92. The summed E-state index contributed by atoms with van der Waals surface area (Å²) >= 11 is 18.1. The van der Waals surface area contributed by atoms with Gasteiger partial charge in [0.05, 0.1) is 38.9 Å². The van der Waals surface area contributed by atoms with Gasteiger partial charge in [-0.05, 0) is 30.3 Å². The number of amides is 1. The zero-order valence-electron chi connectivity index (χ0n) is 15.7. The molecule has 1 aliphatic rings. The lowest BCUT2D eigenvalue weighted by Gasteiger charge is -2.30.